The molecule has 2 aromatic carbocycles. The van der Waals surface area contributed by atoms with Gasteiger partial charge in [0.1, 0.15) is 5.25 Å². The van der Waals surface area contributed by atoms with Gasteiger partial charge in [-0.2, -0.15) is 17.5 Å². The first-order valence-corrected chi connectivity index (χ1v) is 11.3. The Labute approximate surface area is 177 Å². The second-order valence-electron chi connectivity index (χ2n) is 7.73. The number of benzene rings is 2. The minimum absolute atomic E-state index is 0.0453. The SMILES string of the molecule is O=C(O)C1Cc2ccccc2C1S(=O)(=O)N1CC=C(c2ccc(C(F)(F)F)cc2)CC1. The molecule has 9 heteroatoms. The van der Waals surface area contributed by atoms with Gasteiger partial charge in [0.15, 0.2) is 0 Å². The number of hydrogen-bond donors (Lipinski definition) is 1. The molecule has 0 radical (unpaired) electrons. The van der Waals surface area contributed by atoms with E-state index in [-0.39, 0.29) is 19.5 Å². The summed E-state index contributed by atoms with van der Waals surface area (Å²) in [6, 6.07) is 11.6. The molecule has 0 saturated heterocycles. The number of halogens is 3. The topological polar surface area (TPSA) is 74.7 Å². The van der Waals surface area contributed by atoms with Gasteiger partial charge in [-0.15, -0.1) is 0 Å². The number of nitrogens with zero attached hydrogens (tertiary/aromatic N) is 1. The maximum Gasteiger partial charge on any atom is 0.416 e. The number of carbonyl (C=O) groups is 1. The van der Waals surface area contributed by atoms with Crippen LogP contribution in [0.2, 0.25) is 0 Å². The molecule has 0 amide bonds. The average molecular weight is 451 g/mol. The van der Waals surface area contributed by atoms with Crippen LogP contribution in [0.4, 0.5) is 13.2 Å². The Morgan fingerprint density at radius 1 is 1.06 bits per heavy atom. The highest BCUT2D eigenvalue weighted by Crippen LogP contribution is 2.43. The number of carboxylic acids is 1. The summed E-state index contributed by atoms with van der Waals surface area (Å²) in [5, 5.41) is 8.46. The molecular formula is C22H20F3NO4S. The zero-order valence-electron chi connectivity index (χ0n) is 16.3. The summed E-state index contributed by atoms with van der Waals surface area (Å²) in [5.74, 6) is -2.20. The van der Waals surface area contributed by atoms with Crippen LogP contribution in [0.25, 0.3) is 5.57 Å². The van der Waals surface area contributed by atoms with Crippen LogP contribution in [0.15, 0.2) is 54.6 Å². The van der Waals surface area contributed by atoms with E-state index in [4.69, 9.17) is 0 Å². The van der Waals surface area contributed by atoms with Crippen LogP contribution >= 0.6 is 0 Å². The van der Waals surface area contributed by atoms with Crippen LogP contribution in [0, 0.1) is 5.92 Å². The van der Waals surface area contributed by atoms with Crippen molar-refractivity contribution in [2.24, 2.45) is 5.92 Å². The van der Waals surface area contributed by atoms with E-state index in [1.165, 1.54) is 16.4 Å². The number of hydrogen-bond acceptors (Lipinski definition) is 3. The molecule has 0 bridgehead atoms. The maximum absolute atomic E-state index is 13.4. The number of aliphatic carboxylic acids is 1. The van der Waals surface area contributed by atoms with Crippen molar-refractivity contribution in [2.75, 3.05) is 13.1 Å². The van der Waals surface area contributed by atoms with Gasteiger partial charge in [0, 0.05) is 13.1 Å². The number of rotatable bonds is 4. The Morgan fingerprint density at radius 3 is 2.32 bits per heavy atom. The molecule has 2 aromatic rings. The van der Waals surface area contributed by atoms with Gasteiger partial charge in [-0.25, -0.2) is 8.42 Å². The highest BCUT2D eigenvalue weighted by Gasteiger charge is 2.47. The standard InChI is InChI=1S/C22H20F3NO4S/c23-22(24,25)17-7-5-14(6-8-17)15-9-11-26(12-10-15)31(29,30)20-18-4-2-1-3-16(18)13-19(20)21(27)28/h1-9,19-20H,10-13H2,(H,27,28). The largest absolute Gasteiger partial charge is 0.481 e. The van der Waals surface area contributed by atoms with E-state index in [9.17, 15) is 31.5 Å². The van der Waals surface area contributed by atoms with Gasteiger partial charge in [-0.1, -0.05) is 42.5 Å². The normalized spacial score (nSPS) is 22.1. The summed E-state index contributed by atoms with van der Waals surface area (Å²) in [6.45, 7) is 0.184. The molecule has 2 unspecified atom stereocenters. The second-order valence-corrected chi connectivity index (χ2v) is 9.78. The first-order valence-electron chi connectivity index (χ1n) is 9.75. The van der Waals surface area contributed by atoms with Crippen molar-refractivity contribution in [3.8, 4) is 0 Å². The van der Waals surface area contributed by atoms with Gasteiger partial charge in [0.05, 0.1) is 11.5 Å². The predicted molar refractivity (Wildman–Crippen MR) is 109 cm³/mol. The molecule has 0 fully saturated rings. The molecule has 164 valence electrons. The van der Waals surface area contributed by atoms with E-state index < -0.39 is 38.9 Å². The van der Waals surface area contributed by atoms with Gasteiger partial charge in [-0.05, 0) is 47.2 Å². The van der Waals surface area contributed by atoms with E-state index in [0.29, 0.717) is 17.5 Å². The fraction of sp³-hybridized carbons (Fsp3) is 0.318. The molecule has 2 aliphatic rings. The lowest BCUT2D eigenvalue weighted by Crippen LogP contribution is -2.40. The molecule has 2 atom stereocenters. The summed E-state index contributed by atoms with van der Waals surface area (Å²) in [6.07, 6.45) is -2.24. The third-order valence-electron chi connectivity index (χ3n) is 5.92. The van der Waals surface area contributed by atoms with Crippen LogP contribution in [0.1, 0.15) is 33.9 Å². The van der Waals surface area contributed by atoms with Gasteiger partial charge in [0.2, 0.25) is 10.0 Å². The summed E-state index contributed by atoms with van der Waals surface area (Å²) in [7, 11) is -3.94. The quantitative estimate of drug-likeness (QED) is 0.759. The summed E-state index contributed by atoms with van der Waals surface area (Å²) in [4.78, 5) is 11.8. The summed E-state index contributed by atoms with van der Waals surface area (Å²) in [5.41, 5.74) is 1.88. The van der Waals surface area contributed by atoms with Crippen molar-refractivity contribution in [3.63, 3.8) is 0 Å². The van der Waals surface area contributed by atoms with Crippen molar-refractivity contribution in [3.05, 3.63) is 76.9 Å². The minimum Gasteiger partial charge on any atom is -0.481 e. The first-order chi connectivity index (χ1) is 14.6. The number of carboxylic acid groups (broad SMARTS) is 1. The van der Waals surface area contributed by atoms with E-state index >= 15 is 0 Å². The van der Waals surface area contributed by atoms with E-state index in [2.05, 4.69) is 0 Å². The van der Waals surface area contributed by atoms with Crippen LogP contribution < -0.4 is 0 Å². The molecule has 0 saturated carbocycles. The lowest BCUT2D eigenvalue weighted by Gasteiger charge is -2.30. The molecule has 31 heavy (non-hydrogen) atoms. The molecule has 1 N–H and O–H groups in total. The van der Waals surface area contributed by atoms with Gasteiger partial charge in [0.25, 0.3) is 0 Å². The second kappa shape index (κ2) is 7.80. The molecule has 0 aromatic heterocycles. The Kier molecular flexibility index (Phi) is 5.43. The lowest BCUT2D eigenvalue weighted by molar-refractivity contribution is -0.141. The Bertz CT molecular complexity index is 1140. The van der Waals surface area contributed by atoms with Crippen molar-refractivity contribution in [1.29, 1.82) is 0 Å². The van der Waals surface area contributed by atoms with Crippen molar-refractivity contribution < 1.29 is 31.5 Å². The first kappa shape index (κ1) is 21.6. The Balaban J connectivity index is 1.57. The molecule has 1 aliphatic carbocycles. The van der Waals surface area contributed by atoms with Crippen LogP contribution in [-0.2, 0) is 27.4 Å². The Hall–Kier alpha value is -2.65. The van der Waals surface area contributed by atoms with E-state index in [1.807, 2.05) is 0 Å². The highest BCUT2D eigenvalue weighted by molar-refractivity contribution is 7.89. The molecular weight excluding hydrogens is 431 g/mol. The highest BCUT2D eigenvalue weighted by atomic mass is 32.2. The third-order valence-corrected chi connectivity index (χ3v) is 8.20. The molecule has 5 nitrogen and oxygen atoms in total. The minimum atomic E-state index is -4.41. The molecule has 1 heterocycles. The number of alkyl halides is 3. The van der Waals surface area contributed by atoms with Crippen molar-refractivity contribution >= 4 is 21.6 Å². The maximum atomic E-state index is 13.4. The van der Waals surface area contributed by atoms with Gasteiger partial charge in [-0.3, -0.25) is 4.79 Å². The van der Waals surface area contributed by atoms with Crippen LogP contribution in [0.3, 0.4) is 0 Å². The van der Waals surface area contributed by atoms with Crippen LogP contribution in [0.5, 0.6) is 0 Å². The van der Waals surface area contributed by atoms with Gasteiger partial charge >= 0.3 is 12.1 Å². The number of sulfonamides is 1. The predicted octanol–water partition coefficient (Wildman–Crippen LogP) is 4.12. The van der Waals surface area contributed by atoms with Crippen LogP contribution in [-0.4, -0.2) is 36.9 Å². The smallest absolute Gasteiger partial charge is 0.416 e. The lowest BCUT2D eigenvalue weighted by atomic mass is 9.99. The fourth-order valence-corrected chi connectivity index (χ4v) is 6.45. The zero-order valence-corrected chi connectivity index (χ0v) is 17.2. The monoisotopic (exact) mass is 451 g/mol. The Morgan fingerprint density at radius 2 is 1.74 bits per heavy atom. The fourth-order valence-electron chi connectivity index (χ4n) is 4.32. The zero-order chi connectivity index (χ0) is 22.4. The average Bonchev–Trinajstić information content (AvgIpc) is 3.14. The van der Waals surface area contributed by atoms with Gasteiger partial charge < -0.3 is 5.11 Å². The van der Waals surface area contributed by atoms with Crippen molar-refractivity contribution in [2.45, 2.75) is 24.3 Å². The molecule has 0 spiro atoms. The van der Waals surface area contributed by atoms with E-state index in [0.717, 1.165) is 23.3 Å². The summed E-state index contributed by atoms with van der Waals surface area (Å²) < 4.78 is 66.3. The summed E-state index contributed by atoms with van der Waals surface area (Å²) >= 11 is 0. The molecule has 4 rings (SSSR count). The third kappa shape index (κ3) is 3.99. The van der Waals surface area contributed by atoms with E-state index in [1.54, 1.807) is 30.3 Å². The van der Waals surface area contributed by atoms with Crippen molar-refractivity contribution in [1.82, 2.24) is 4.31 Å². The molecule has 1 aliphatic heterocycles. The number of fused-ring (bicyclic) bond motifs is 1.